The average Bonchev–Trinajstić information content (AvgIpc) is 3.22. The van der Waals surface area contributed by atoms with Crippen LogP contribution in [0, 0.1) is 5.82 Å². The molecular formula is C15H16ClFN4O3S. The molecule has 1 saturated heterocycles. The molecule has 2 aromatic rings. The Balaban J connectivity index is 1.66. The lowest BCUT2D eigenvalue weighted by atomic mass is 10.3. The molecule has 0 radical (unpaired) electrons. The van der Waals surface area contributed by atoms with Crippen LogP contribution in [0.4, 0.5) is 10.1 Å². The maximum absolute atomic E-state index is 13.1. The Morgan fingerprint density at radius 2 is 2.04 bits per heavy atom. The number of halogens is 2. The summed E-state index contributed by atoms with van der Waals surface area (Å²) in [4.78, 5) is 15.9. The van der Waals surface area contributed by atoms with Gasteiger partial charge < -0.3 is 9.88 Å². The third-order valence-corrected chi connectivity index (χ3v) is 5.88. The zero-order valence-electron chi connectivity index (χ0n) is 13.2. The van der Waals surface area contributed by atoms with Gasteiger partial charge in [0, 0.05) is 25.0 Å². The minimum absolute atomic E-state index is 0.0768. The second-order valence-electron chi connectivity index (χ2n) is 5.67. The summed E-state index contributed by atoms with van der Waals surface area (Å²) in [5, 5.41) is 2.39. The summed E-state index contributed by atoms with van der Waals surface area (Å²) in [5.74, 6) is -0.990. The third-order valence-electron chi connectivity index (χ3n) is 3.81. The molecule has 1 aliphatic heterocycles. The number of amides is 1. The van der Waals surface area contributed by atoms with E-state index in [1.54, 1.807) is 0 Å². The maximum Gasteiger partial charge on any atom is 0.262 e. The highest BCUT2D eigenvalue weighted by Crippen LogP contribution is 2.20. The Morgan fingerprint density at radius 1 is 1.32 bits per heavy atom. The lowest BCUT2D eigenvalue weighted by molar-refractivity contribution is -0.116. The van der Waals surface area contributed by atoms with E-state index < -0.39 is 21.7 Å². The summed E-state index contributed by atoms with van der Waals surface area (Å²) >= 11 is 5.66. The van der Waals surface area contributed by atoms with Crippen molar-refractivity contribution in [2.45, 2.75) is 24.4 Å². The SMILES string of the molecule is O=C(Cn1cnc(S(=O)(=O)N2CCCC2)c1)Nc1ccc(F)c(Cl)c1. The van der Waals surface area contributed by atoms with E-state index in [0.717, 1.165) is 18.9 Å². The van der Waals surface area contributed by atoms with Crippen molar-refractivity contribution in [1.82, 2.24) is 13.9 Å². The largest absolute Gasteiger partial charge is 0.327 e. The van der Waals surface area contributed by atoms with Gasteiger partial charge in [-0.15, -0.1) is 0 Å². The minimum atomic E-state index is -3.61. The fourth-order valence-corrected chi connectivity index (χ4v) is 4.19. The first-order valence-corrected chi connectivity index (χ1v) is 9.45. The Labute approximate surface area is 149 Å². The van der Waals surface area contributed by atoms with Gasteiger partial charge in [-0.2, -0.15) is 4.31 Å². The number of rotatable bonds is 5. The van der Waals surface area contributed by atoms with Crippen LogP contribution in [0.2, 0.25) is 5.02 Å². The molecule has 7 nitrogen and oxygen atoms in total. The van der Waals surface area contributed by atoms with E-state index in [0.29, 0.717) is 18.8 Å². The van der Waals surface area contributed by atoms with Crippen LogP contribution in [0.5, 0.6) is 0 Å². The fraction of sp³-hybridized carbons (Fsp3) is 0.333. The van der Waals surface area contributed by atoms with Crippen molar-refractivity contribution in [3.05, 3.63) is 41.6 Å². The van der Waals surface area contributed by atoms with Gasteiger partial charge in [0.25, 0.3) is 10.0 Å². The van der Waals surface area contributed by atoms with Gasteiger partial charge in [0.15, 0.2) is 5.03 Å². The van der Waals surface area contributed by atoms with Crippen LogP contribution in [0.3, 0.4) is 0 Å². The molecular weight excluding hydrogens is 371 g/mol. The molecule has 1 amide bonds. The summed E-state index contributed by atoms with van der Waals surface area (Å²) in [6.45, 7) is 0.847. The van der Waals surface area contributed by atoms with Gasteiger partial charge >= 0.3 is 0 Å². The highest BCUT2D eigenvalue weighted by Gasteiger charge is 2.29. The Kier molecular flexibility index (Phi) is 5.07. The number of imidazole rings is 1. The molecule has 134 valence electrons. The molecule has 1 aliphatic rings. The van der Waals surface area contributed by atoms with E-state index in [-0.39, 0.29) is 16.6 Å². The summed E-state index contributed by atoms with van der Waals surface area (Å²) in [6.07, 6.45) is 4.29. The summed E-state index contributed by atoms with van der Waals surface area (Å²) in [5.41, 5.74) is 0.349. The fourth-order valence-electron chi connectivity index (χ4n) is 2.56. The number of carbonyl (C=O) groups is 1. The topological polar surface area (TPSA) is 84.3 Å². The first-order valence-electron chi connectivity index (χ1n) is 7.63. The first kappa shape index (κ1) is 17.8. The average molecular weight is 387 g/mol. The van der Waals surface area contributed by atoms with Crippen LogP contribution in [0.15, 0.2) is 35.7 Å². The maximum atomic E-state index is 13.1. The van der Waals surface area contributed by atoms with Gasteiger partial charge in [-0.1, -0.05) is 11.6 Å². The number of hydrogen-bond donors (Lipinski definition) is 1. The standard InChI is InChI=1S/C15H16ClFN4O3S/c16-12-7-11(3-4-13(12)17)19-14(22)8-20-9-15(18-10-20)25(23,24)21-5-1-2-6-21/h3-4,7,9-10H,1-2,5-6,8H2,(H,19,22). The third kappa shape index (κ3) is 4.00. The molecule has 0 aliphatic carbocycles. The highest BCUT2D eigenvalue weighted by molar-refractivity contribution is 7.89. The van der Waals surface area contributed by atoms with Gasteiger partial charge in [-0.25, -0.2) is 17.8 Å². The molecule has 0 atom stereocenters. The van der Waals surface area contributed by atoms with Crippen molar-refractivity contribution < 1.29 is 17.6 Å². The number of nitrogens with one attached hydrogen (secondary N) is 1. The zero-order valence-corrected chi connectivity index (χ0v) is 14.7. The minimum Gasteiger partial charge on any atom is -0.327 e. The van der Waals surface area contributed by atoms with Crippen molar-refractivity contribution in [2.24, 2.45) is 0 Å². The van der Waals surface area contributed by atoms with E-state index in [1.165, 1.54) is 33.5 Å². The van der Waals surface area contributed by atoms with E-state index in [1.807, 2.05) is 0 Å². The number of hydrogen-bond acceptors (Lipinski definition) is 4. The van der Waals surface area contributed by atoms with E-state index >= 15 is 0 Å². The summed E-state index contributed by atoms with van der Waals surface area (Å²) in [7, 11) is -3.61. The summed E-state index contributed by atoms with van der Waals surface area (Å²) in [6, 6.07) is 3.83. The molecule has 2 heterocycles. The van der Waals surface area contributed by atoms with Crippen molar-refractivity contribution in [3.63, 3.8) is 0 Å². The lowest BCUT2D eigenvalue weighted by Gasteiger charge is -2.12. The van der Waals surface area contributed by atoms with Gasteiger partial charge in [0.1, 0.15) is 12.4 Å². The number of sulfonamides is 1. The predicted octanol–water partition coefficient (Wildman–Crippen LogP) is 2.10. The molecule has 0 saturated carbocycles. The van der Waals surface area contributed by atoms with Crippen molar-refractivity contribution in [1.29, 1.82) is 0 Å². The number of nitrogens with zero attached hydrogens (tertiary/aromatic N) is 3. The molecule has 10 heteroatoms. The normalized spacial score (nSPS) is 15.4. The van der Waals surface area contributed by atoms with E-state index in [9.17, 15) is 17.6 Å². The lowest BCUT2D eigenvalue weighted by Crippen LogP contribution is -2.28. The molecule has 1 aromatic heterocycles. The van der Waals surface area contributed by atoms with Crippen LogP contribution in [-0.4, -0.2) is 41.3 Å². The Hall–Kier alpha value is -1.97. The van der Waals surface area contributed by atoms with Crippen molar-refractivity contribution in [2.75, 3.05) is 18.4 Å². The van der Waals surface area contributed by atoms with Crippen LogP contribution >= 0.6 is 11.6 Å². The molecule has 1 aromatic carbocycles. The van der Waals surface area contributed by atoms with Crippen LogP contribution in [0.25, 0.3) is 0 Å². The van der Waals surface area contributed by atoms with Crippen LogP contribution in [-0.2, 0) is 21.4 Å². The van der Waals surface area contributed by atoms with E-state index in [2.05, 4.69) is 10.3 Å². The number of carbonyl (C=O) groups excluding carboxylic acids is 1. The Bertz CT molecular complexity index is 894. The zero-order chi connectivity index (χ0) is 18.0. The molecule has 25 heavy (non-hydrogen) atoms. The van der Waals surface area contributed by atoms with Crippen LogP contribution in [0.1, 0.15) is 12.8 Å². The smallest absolute Gasteiger partial charge is 0.262 e. The number of anilines is 1. The van der Waals surface area contributed by atoms with Gasteiger partial charge in [-0.3, -0.25) is 4.79 Å². The van der Waals surface area contributed by atoms with Crippen LogP contribution < -0.4 is 5.32 Å². The Morgan fingerprint density at radius 3 is 2.72 bits per heavy atom. The number of benzene rings is 1. The first-order chi connectivity index (χ1) is 11.9. The second-order valence-corrected chi connectivity index (χ2v) is 7.96. The number of aromatic nitrogens is 2. The highest BCUT2D eigenvalue weighted by atomic mass is 35.5. The van der Waals surface area contributed by atoms with Gasteiger partial charge in [-0.05, 0) is 31.0 Å². The molecule has 0 unspecified atom stereocenters. The van der Waals surface area contributed by atoms with Crippen molar-refractivity contribution >= 4 is 33.2 Å². The molecule has 0 spiro atoms. The van der Waals surface area contributed by atoms with Crippen molar-refractivity contribution in [3.8, 4) is 0 Å². The predicted molar refractivity (Wildman–Crippen MR) is 90.3 cm³/mol. The van der Waals surface area contributed by atoms with E-state index in [4.69, 9.17) is 11.6 Å². The quantitative estimate of drug-likeness (QED) is 0.852. The molecule has 3 rings (SSSR count). The molecule has 0 bridgehead atoms. The van der Waals surface area contributed by atoms with Gasteiger partial charge in [0.05, 0.1) is 11.3 Å². The summed E-state index contributed by atoms with van der Waals surface area (Å²) < 4.78 is 40.7. The second kappa shape index (κ2) is 7.11. The molecule has 1 fully saturated rings. The monoisotopic (exact) mass is 386 g/mol. The molecule has 1 N–H and O–H groups in total. The van der Waals surface area contributed by atoms with Gasteiger partial charge in [0.2, 0.25) is 5.91 Å².